The molecule has 1 aromatic rings. The zero-order chi connectivity index (χ0) is 28.9. The van der Waals surface area contributed by atoms with Crippen LogP contribution in [0, 0.1) is 11.8 Å². The summed E-state index contributed by atoms with van der Waals surface area (Å²) in [6.45, 7) is 2.73. The topological polar surface area (TPSA) is 165 Å². The molecule has 39 heavy (non-hydrogen) atoms. The zero-order valence-corrected chi connectivity index (χ0v) is 23.4. The third kappa shape index (κ3) is 6.23. The van der Waals surface area contributed by atoms with Gasteiger partial charge in [-0.25, -0.2) is 0 Å². The van der Waals surface area contributed by atoms with Crippen LogP contribution >= 0.6 is 0 Å². The van der Waals surface area contributed by atoms with Gasteiger partial charge in [0, 0.05) is 17.0 Å². The van der Waals surface area contributed by atoms with E-state index >= 15 is 0 Å². The molecular formula is C27H40N2O10. The number of Topliss-reactive ketones (excluding diaryl/α,β-unsaturated/α-hetero) is 1. The molecule has 12 heteroatoms. The van der Waals surface area contributed by atoms with Gasteiger partial charge in [-0.1, -0.05) is 13.8 Å². The summed E-state index contributed by atoms with van der Waals surface area (Å²) in [6.07, 6.45) is 1.54. The van der Waals surface area contributed by atoms with E-state index in [9.17, 15) is 24.6 Å². The number of fused-ring (bicyclic) bond motifs is 1. The number of rotatable bonds is 14. The average molecular weight is 553 g/mol. The molecule has 0 aromatic heterocycles. The van der Waals surface area contributed by atoms with Crippen LogP contribution in [0.5, 0.6) is 23.0 Å². The van der Waals surface area contributed by atoms with Crippen LogP contribution in [-0.4, -0.2) is 93.8 Å². The Morgan fingerprint density at radius 1 is 0.923 bits per heavy atom. The van der Waals surface area contributed by atoms with Gasteiger partial charge >= 0.3 is 0 Å². The third-order valence-corrected chi connectivity index (χ3v) is 7.26. The van der Waals surface area contributed by atoms with Crippen LogP contribution in [0.15, 0.2) is 0 Å². The maximum absolute atomic E-state index is 13.3. The molecule has 0 bridgehead atoms. The minimum atomic E-state index is -1.30. The van der Waals surface area contributed by atoms with Gasteiger partial charge in [-0.2, -0.15) is 0 Å². The molecule has 1 heterocycles. The first kappa shape index (κ1) is 30.5. The fourth-order valence-electron chi connectivity index (χ4n) is 5.10. The van der Waals surface area contributed by atoms with E-state index in [1.165, 1.54) is 28.4 Å². The van der Waals surface area contributed by atoms with E-state index in [1.807, 2.05) is 13.8 Å². The highest BCUT2D eigenvalue weighted by Crippen LogP contribution is 2.52. The van der Waals surface area contributed by atoms with Crippen LogP contribution in [0.1, 0.15) is 37.8 Å². The fraction of sp³-hybridized carbons (Fsp3) is 0.667. The first-order valence-electron chi connectivity index (χ1n) is 13.0. The minimum Gasteiger partial charge on any atom is -0.492 e. The lowest BCUT2D eigenvalue weighted by molar-refractivity contribution is -0.135. The van der Waals surface area contributed by atoms with Crippen molar-refractivity contribution in [2.24, 2.45) is 11.8 Å². The molecule has 2 unspecified atom stereocenters. The second-order valence-corrected chi connectivity index (χ2v) is 10.3. The molecule has 4 atom stereocenters. The van der Waals surface area contributed by atoms with Crippen molar-refractivity contribution in [2.75, 3.05) is 48.3 Å². The van der Waals surface area contributed by atoms with E-state index in [-0.39, 0.29) is 18.9 Å². The van der Waals surface area contributed by atoms with Gasteiger partial charge < -0.3 is 44.5 Å². The summed E-state index contributed by atoms with van der Waals surface area (Å²) in [5, 5.41) is 24.8. The molecule has 0 spiro atoms. The molecule has 1 aliphatic carbocycles. The number of ether oxygens (including phenoxy) is 5. The van der Waals surface area contributed by atoms with Crippen LogP contribution in [0.4, 0.5) is 0 Å². The maximum Gasteiger partial charge on any atom is 0.245 e. The lowest BCUT2D eigenvalue weighted by Crippen LogP contribution is -2.56. The number of epoxide rings is 1. The van der Waals surface area contributed by atoms with Crippen molar-refractivity contribution in [2.45, 2.75) is 57.2 Å². The molecule has 2 aliphatic rings. The molecular weight excluding hydrogens is 512 g/mol. The quantitative estimate of drug-likeness (QED) is 0.234. The van der Waals surface area contributed by atoms with Crippen molar-refractivity contribution < 1.29 is 48.3 Å². The summed E-state index contributed by atoms with van der Waals surface area (Å²) < 4.78 is 27.4. The van der Waals surface area contributed by atoms with Crippen molar-refractivity contribution in [3.8, 4) is 23.0 Å². The minimum absolute atomic E-state index is 0.0563. The van der Waals surface area contributed by atoms with Gasteiger partial charge in [0.2, 0.25) is 23.3 Å². The zero-order valence-electron chi connectivity index (χ0n) is 23.4. The normalized spacial score (nSPS) is 21.3. The van der Waals surface area contributed by atoms with E-state index in [2.05, 4.69) is 10.6 Å². The molecule has 0 saturated carbocycles. The summed E-state index contributed by atoms with van der Waals surface area (Å²) in [5.74, 6) is -0.305. The van der Waals surface area contributed by atoms with Crippen LogP contribution in [-0.2, 0) is 32.0 Å². The number of hydrogen-bond donors (Lipinski definition) is 4. The fourth-order valence-corrected chi connectivity index (χ4v) is 5.10. The lowest BCUT2D eigenvalue weighted by atomic mass is 9.81. The summed E-state index contributed by atoms with van der Waals surface area (Å²) in [7, 11) is 6.02. The molecule has 1 saturated heterocycles. The molecule has 1 fully saturated rings. The number of methoxy groups -OCH3 is 4. The van der Waals surface area contributed by atoms with E-state index in [1.54, 1.807) is 0 Å². The average Bonchev–Trinajstić information content (AvgIpc) is 3.74. The molecule has 2 amide bonds. The van der Waals surface area contributed by atoms with E-state index in [0.717, 1.165) is 11.1 Å². The van der Waals surface area contributed by atoms with Gasteiger partial charge in [0.1, 0.15) is 6.04 Å². The highest BCUT2D eigenvalue weighted by atomic mass is 16.6. The van der Waals surface area contributed by atoms with Crippen LogP contribution in [0.2, 0.25) is 0 Å². The molecule has 12 nitrogen and oxygen atoms in total. The highest BCUT2D eigenvalue weighted by molar-refractivity contribution is 5.98. The Hall–Kier alpha value is -3.09. The Morgan fingerprint density at radius 3 is 1.95 bits per heavy atom. The number of carbonyl (C=O) groups is 3. The summed E-state index contributed by atoms with van der Waals surface area (Å²) in [5.41, 5.74) is 0.289. The summed E-state index contributed by atoms with van der Waals surface area (Å²) >= 11 is 0. The Bertz CT molecular complexity index is 1040. The number of ketones is 1. The first-order valence-corrected chi connectivity index (χ1v) is 13.0. The van der Waals surface area contributed by atoms with Crippen LogP contribution < -0.4 is 29.6 Å². The van der Waals surface area contributed by atoms with Gasteiger partial charge in [0.15, 0.2) is 22.9 Å². The molecule has 0 radical (unpaired) electrons. The van der Waals surface area contributed by atoms with Crippen molar-refractivity contribution in [1.82, 2.24) is 10.6 Å². The van der Waals surface area contributed by atoms with E-state index < -0.39 is 54.4 Å². The van der Waals surface area contributed by atoms with Crippen molar-refractivity contribution in [3.05, 3.63) is 11.1 Å². The molecule has 1 aliphatic heterocycles. The van der Waals surface area contributed by atoms with Gasteiger partial charge in [-0.15, -0.1) is 0 Å². The Balaban J connectivity index is 1.77. The van der Waals surface area contributed by atoms with Gasteiger partial charge in [0.05, 0.1) is 54.3 Å². The molecule has 3 rings (SSSR count). The van der Waals surface area contributed by atoms with Gasteiger partial charge in [-0.3, -0.25) is 14.4 Å². The number of nitrogens with one attached hydrogen (secondary N) is 2. The molecule has 218 valence electrons. The lowest BCUT2D eigenvalue weighted by Gasteiger charge is -2.30. The predicted molar refractivity (Wildman–Crippen MR) is 139 cm³/mol. The van der Waals surface area contributed by atoms with E-state index in [4.69, 9.17) is 23.7 Å². The number of amides is 2. The highest BCUT2D eigenvalue weighted by Gasteiger charge is 2.54. The van der Waals surface area contributed by atoms with Crippen molar-refractivity contribution in [3.63, 3.8) is 0 Å². The van der Waals surface area contributed by atoms with Gasteiger partial charge in [-0.05, 0) is 31.6 Å². The largest absolute Gasteiger partial charge is 0.492 e. The monoisotopic (exact) mass is 552 g/mol. The standard InChI is InChI=1S/C27H40N2O10/c1-14(2)9-18(24(32)27(12-31)13-39-27)28-26(34)19(11-30)29-25(33)15-7-8-16-17(10-15)21(36-4)23(38-6)22(37-5)20(16)35-3/h14-15,18-19,30-31H,7-13H2,1-6H3,(H,28,34)(H,29,33)/t15-,18?,19?,27+/m0/s1. The van der Waals surface area contributed by atoms with Crippen LogP contribution in [0.3, 0.4) is 0 Å². The number of benzene rings is 1. The molecule has 1 aromatic carbocycles. The number of hydrogen-bond acceptors (Lipinski definition) is 10. The number of aliphatic hydroxyl groups excluding tert-OH is 2. The summed E-state index contributed by atoms with van der Waals surface area (Å²) in [6, 6.07) is -2.20. The first-order chi connectivity index (χ1) is 18.6. The van der Waals surface area contributed by atoms with E-state index in [0.29, 0.717) is 42.3 Å². The predicted octanol–water partition coefficient (Wildman–Crippen LogP) is 0.164. The van der Waals surface area contributed by atoms with Crippen LogP contribution in [0.25, 0.3) is 0 Å². The SMILES string of the molecule is COc1c2c(c(OC)c(OC)c1OC)C[C@@H](C(=O)NC(CO)C(=O)NC(CC(C)C)C(=O)[C@@]1(CO)CO1)CC2. The smallest absolute Gasteiger partial charge is 0.245 e. The van der Waals surface area contributed by atoms with Crippen molar-refractivity contribution in [1.29, 1.82) is 0 Å². The second-order valence-electron chi connectivity index (χ2n) is 10.3. The Labute approximate surface area is 228 Å². The van der Waals surface area contributed by atoms with Gasteiger partial charge in [0.25, 0.3) is 0 Å². The number of carbonyl (C=O) groups excluding carboxylic acids is 3. The van der Waals surface area contributed by atoms with Crippen molar-refractivity contribution >= 4 is 17.6 Å². The Kier molecular flexibility index (Phi) is 10.0. The third-order valence-electron chi connectivity index (χ3n) is 7.26. The Morgan fingerprint density at radius 2 is 1.49 bits per heavy atom. The second kappa shape index (κ2) is 12.8. The maximum atomic E-state index is 13.3. The summed E-state index contributed by atoms with van der Waals surface area (Å²) in [4.78, 5) is 39.3. The number of aliphatic hydroxyl groups is 2. The molecule has 4 N–H and O–H groups in total.